The predicted molar refractivity (Wildman–Crippen MR) is 119 cm³/mol. The third kappa shape index (κ3) is 1.90. The summed E-state index contributed by atoms with van der Waals surface area (Å²) < 4.78 is 12.9. The number of aromatic nitrogens is 1. The highest BCUT2D eigenvalue weighted by atomic mass is 16.8. The van der Waals surface area contributed by atoms with Crippen molar-refractivity contribution in [2.24, 2.45) is 11.3 Å². The maximum absolute atomic E-state index is 13.0. The number of hydrogen-bond acceptors (Lipinski definition) is 3. The first kappa shape index (κ1) is 18.4. The molecule has 2 bridgehead atoms. The smallest absolute Gasteiger partial charge is 0.196 e. The van der Waals surface area contributed by atoms with Gasteiger partial charge >= 0.3 is 0 Å². The fraction of sp³-hybridized carbons (Fsp3) is 0.519. The predicted octanol–water partition coefficient (Wildman–Crippen LogP) is 5.13. The highest BCUT2D eigenvalue weighted by Gasteiger charge is 2.68. The van der Waals surface area contributed by atoms with Crippen molar-refractivity contribution < 1.29 is 14.3 Å². The van der Waals surface area contributed by atoms with Crippen LogP contribution in [-0.4, -0.2) is 28.3 Å². The number of para-hydroxylation sites is 1. The van der Waals surface area contributed by atoms with E-state index < -0.39 is 17.5 Å². The van der Waals surface area contributed by atoms with Crippen LogP contribution in [0.3, 0.4) is 0 Å². The van der Waals surface area contributed by atoms with E-state index in [0.717, 1.165) is 31.3 Å². The molecule has 31 heavy (non-hydrogen) atoms. The summed E-state index contributed by atoms with van der Waals surface area (Å²) in [6.07, 6.45) is 7.66. The minimum Gasteiger partial charge on any atom is -0.358 e. The minimum absolute atomic E-state index is 0.0120. The van der Waals surface area contributed by atoms with Gasteiger partial charge in [-0.15, -0.1) is 0 Å². The number of fused-ring (bicyclic) bond motifs is 9. The van der Waals surface area contributed by atoms with Gasteiger partial charge in [-0.2, -0.15) is 0 Å². The monoisotopic (exact) mass is 415 g/mol. The van der Waals surface area contributed by atoms with Crippen LogP contribution in [0.1, 0.15) is 58.2 Å². The third-order valence-corrected chi connectivity index (χ3v) is 9.51. The first-order valence-electron chi connectivity index (χ1n) is 11.6. The summed E-state index contributed by atoms with van der Waals surface area (Å²) in [7, 11) is 0. The molecule has 0 amide bonds. The standard InChI is InChI=1S/C27H29NO3/c1-24(2)23-21(29)14-19-18-10-9-15-13-17-16-7-5-6-8-20(16)28-22(17)26(15,4)25(18,3)11-12-27(19,30-23)31-24/h5-8,10,14-15,23,28H,9,11-13H2,1-4H3. The highest BCUT2D eigenvalue weighted by molar-refractivity contribution is 5.98. The SMILES string of the molecule is CC1(C)OC23CCC4(C)C(=CCC5Cc6c([nH]c7ccccc67)C54C)C2=CC(=O)C1O3. The van der Waals surface area contributed by atoms with E-state index in [-0.39, 0.29) is 16.6 Å². The fourth-order valence-electron chi connectivity index (χ4n) is 7.75. The van der Waals surface area contributed by atoms with Gasteiger partial charge in [0, 0.05) is 39.4 Å². The van der Waals surface area contributed by atoms with Crippen LogP contribution in [0.25, 0.3) is 10.9 Å². The van der Waals surface area contributed by atoms with Gasteiger partial charge in [0.1, 0.15) is 5.60 Å². The number of nitrogens with one attached hydrogen (secondary N) is 1. The lowest BCUT2D eigenvalue weighted by Crippen LogP contribution is -2.56. The summed E-state index contributed by atoms with van der Waals surface area (Å²) >= 11 is 0. The second-order valence-corrected chi connectivity index (χ2v) is 11.2. The van der Waals surface area contributed by atoms with Crippen LogP contribution < -0.4 is 0 Å². The molecule has 3 aliphatic carbocycles. The van der Waals surface area contributed by atoms with Crippen molar-refractivity contribution >= 4 is 16.7 Å². The number of aromatic amines is 1. The minimum atomic E-state index is -0.765. The van der Waals surface area contributed by atoms with Crippen LogP contribution in [0.15, 0.2) is 47.6 Å². The number of benzene rings is 1. The molecular weight excluding hydrogens is 386 g/mol. The quantitative estimate of drug-likeness (QED) is 0.649. The van der Waals surface area contributed by atoms with Gasteiger partial charge in [0.25, 0.3) is 0 Å². The number of hydrogen-bond donors (Lipinski definition) is 1. The third-order valence-electron chi connectivity index (χ3n) is 9.51. The Morgan fingerprint density at radius 2 is 1.87 bits per heavy atom. The van der Waals surface area contributed by atoms with Crippen molar-refractivity contribution in [3.8, 4) is 0 Å². The summed E-state index contributed by atoms with van der Waals surface area (Å²) in [5.41, 5.74) is 5.69. The lowest BCUT2D eigenvalue weighted by atomic mass is 9.48. The second-order valence-electron chi connectivity index (χ2n) is 11.2. The van der Waals surface area contributed by atoms with E-state index in [1.807, 2.05) is 19.9 Å². The molecule has 3 heterocycles. The number of ketones is 1. The maximum Gasteiger partial charge on any atom is 0.196 e. The number of allylic oxidation sites excluding steroid dienone is 1. The molecule has 1 aromatic carbocycles. The van der Waals surface area contributed by atoms with Crippen LogP contribution in [0, 0.1) is 11.3 Å². The summed E-state index contributed by atoms with van der Waals surface area (Å²) in [6, 6.07) is 8.69. The van der Waals surface area contributed by atoms with Gasteiger partial charge in [-0.25, -0.2) is 0 Å². The van der Waals surface area contributed by atoms with E-state index in [1.165, 1.54) is 27.7 Å². The maximum atomic E-state index is 13.0. The molecule has 1 N–H and O–H groups in total. The number of H-pyrrole nitrogens is 1. The van der Waals surface area contributed by atoms with E-state index in [0.29, 0.717) is 5.92 Å². The molecule has 1 aromatic heterocycles. The molecule has 1 spiro atoms. The second kappa shape index (κ2) is 5.24. The molecule has 1 saturated carbocycles. The normalized spacial score (nSPS) is 41.9. The van der Waals surface area contributed by atoms with E-state index in [1.54, 1.807) is 0 Å². The Morgan fingerprint density at radius 1 is 1.06 bits per heavy atom. The van der Waals surface area contributed by atoms with E-state index in [9.17, 15) is 4.79 Å². The van der Waals surface area contributed by atoms with Gasteiger partial charge < -0.3 is 14.5 Å². The van der Waals surface area contributed by atoms with Crippen LogP contribution in [0.2, 0.25) is 0 Å². The topological polar surface area (TPSA) is 51.3 Å². The Kier molecular flexibility index (Phi) is 3.11. The number of rotatable bonds is 0. The molecule has 2 fully saturated rings. The average Bonchev–Trinajstić information content (AvgIpc) is 3.31. The van der Waals surface area contributed by atoms with E-state index >= 15 is 0 Å². The zero-order chi connectivity index (χ0) is 21.4. The lowest BCUT2D eigenvalue weighted by Gasteiger charge is -2.58. The largest absolute Gasteiger partial charge is 0.358 e. The van der Waals surface area contributed by atoms with Gasteiger partial charge in [-0.3, -0.25) is 4.79 Å². The van der Waals surface area contributed by atoms with Gasteiger partial charge in [-0.1, -0.05) is 38.1 Å². The Balaban J connectivity index is 1.42. The molecule has 2 aliphatic heterocycles. The Morgan fingerprint density at radius 3 is 2.71 bits per heavy atom. The molecule has 4 heteroatoms. The molecule has 5 atom stereocenters. The molecular formula is C27H29NO3. The van der Waals surface area contributed by atoms with Crippen LogP contribution in [-0.2, 0) is 26.1 Å². The summed E-state index contributed by atoms with van der Waals surface area (Å²) in [5.74, 6) is -0.155. The van der Waals surface area contributed by atoms with Crippen molar-refractivity contribution in [3.63, 3.8) is 0 Å². The average molecular weight is 416 g/mol. The van der Waals surface area contributed by atoms with Crippen LogP contribution in [0.5, 0.6) is 0 Å². The Labute approximate surface area is 182 Å². The zero-order valence-electron chi connectivity index (χ0n) is 18.7. The van der Waals surface area contributed by atoms with Crippen LogP contribution in [0.4, 0.5) is 0 Å². The van der Waals surface area contributed by atoms with E-state index in [2.05, 4.69) is 49.2 Å². The molecule has 2 aromatic rings. The summed E-state index contributed by atoms with van der Waals surface area (Å²) in [6.45, 7) is 8.83. The molecule has 160 valence electrons. The van der Waals surface area contributed by atoms with Gasteiger partial charge in [0.05, 0.1) is 0 Å². The lowest BCUT2D eigenvalue weighted by molar-refractivity contribution is -0.180. The molecule has 5 unspecified atom stereocenters. The Bertz CT molecular complexity index is 1250. The highest BCUT2D eigenvalue weighted by Crippen LogP contribution is 2.68. The van der Waals surface area contributed by atoms with Crippen molar-refractivity contribution in [2.45, 2.75) is 76.3 Å². The number of ether oxygens (including phenoxy) is 2. The zero-order valence-corrected chi connectivity index (χ0v) is 18.7. The molecule has 7 rings (SSSR count). The molecule has 5 aliphatic rings. The van der Waals surface area contributed by atoms with Crippen molar-refractivity contribution in [3.05, 3.63) is 58.8 Å². The molecule has 0 radical (unpaired) electrons. The molecule has 1 saturated heterocycles. The van der Waals surface area contributed by atoms with Crippen molar-refractivity contribution in [1.82, 2.24) is 4.98 Å². The molecule has 4 nitrogen and oxygen atoms in total. The van der Waals surface area contributed by atoms with Gasteiger partial charge in [0.15, 0.2) is 17.7 Å². The first-order valence-corrected chi connectivity index (χ1v) is 11.6. The van der Waals surface area contributed by atoms with Gasteiger partial charge in [-0.05, 0) is 62.3 Å². The number of carbonyl (C=O) groups is 1. The van der Waals surface area contributed by atoms with Crippen molar-refractivity contribution in [1.29, 1.82) is 0 Å². The Hall–Kier alpha value is -2.17. The van der Waals surface area contributed by atoms with Gasteiger partial charge in [0.2, 0.25) is 0 Å². The first-order chi connectivity index (χ1) is 14.7. The van der Waals surface area contributed by atoms with Crippen molar-refractivity contribution in [2.75, 3.05) is 0 Å². The fourth-order valence-corrected chi connectivity index (χ4v) is 7.75. The summed E-state index contributed by atoms with van der Waals surface area (Å²) in [5, 5.41) is 1.37. The summed E-state index contributed by atoms with van der Waals surface area (Å²) in [4.78, 5) is 16.8. The van der Waals surface area contributed by atoms with E-state index in [4.69, 9.17) is 9.47 Å². The van der Waals surface area contributed by atoms with Crippen LogP contribution >= 0.6 is 0 Å². The number of carbonyl (C=O) groups excluding carboxylic acids is 1.